The Hall–Kier alpha value is -3.21. The molecule has 3 aliphatic carbocycles. The van der Waals surface area contributed by atoms with Crippen LogP contribution >= 0.6 is 0 Å². The molecular formula is C28H28N2O3. The van der Waals surface area contributed by atoms with Crippen molar-refractivity contribution in [3.8, 4) is 0 Å². The van der Waals surface area contributed by atoms with Gasteiger partial charge < -0.3 is 5.32 Å². The van der Waals surface area contributed by atoms with E-state index in [1.165, 1.54) is 4.90 Å². The number of hydrogen-bond donors (Lipinski definition) is 1. The molecule has 6 rings (SSSR count). The van der Waals surface area contributed by atoms with E-state index < -0.39 is 0 Å². The van der Waals surface area contributed by atoms with Gasteiger partial charge in [0.15, 0.2) is 0 Å². The van der Waals surface area contributed by atoms with Gasteiger partial charge in [0.25, 0.3) is 0 Å². The Balaban J connectivity index is 1.11. The number of benzene rings is 2. The number of imide groups is 1. The van der Waals surface area contributed by atoms with E-state index in [-0.39, 0.29) is 52.7 Å². The quantitative estimate of drug-likeness (QED) is 0.547. The first-order valence-electron chi connectivity index (χ1n) is 11.9. The van der Waals surface area contributed by atoms with Crippen LogP contribution in [0.4, 0.5) is 11.4 Å². The molecule has 4 aliphatic rings. The zero-order chi connectivity index (χ0) is 22.9. The lowest BCUT2D eigenvalue weighted by Crippen LogP contribution is -2.32. The summed E-state index contributed by atoms with van der Waals surface area (Å²) in [4.78, 5) is 39.7. The Kier molecular flexibility index (Phi) is 4.42. The maximum absolute atomic E-state index is 13.0. The highest BCUT2D eigenvalue weighted by molar-refractivity contribution is 6.22. The number of anilines is 2. The van der Waals surface area contributed by atoms with Gasteiger partial charge in [0.2, 0.25) is 17.7 Å². The van der Waals surface area contributed by atoms with Gasteiger partial charge in [-0.05, 0) is 71.9 Å². The summed E-state index contributed by atoms with van der Waals surface area (Å²) in [5, 5.41) is 3.01. The molecule has 0 aromatic heterocycles. The van der Waals surface area contributed by atoms with Crippen LogP contribution in [0.3, 0.4) is 0 Å². The fourth-order valence-electron chi connectivity index (χ4n) is 6.01. The molecule has 5 unspecified atom stereocenters. The second-order valence-electron chi connectivity index (χ2n) is 10.8. The van der Waals surface area contributed by atoms with E-state index in [2.05, 4.69) is 31.3 Å². The highest BCUT2D eigenvalue weighted by Crippen LogP contribution is 2.53. The van der Waals surface area contributed by atoms with E-state index in [1.54, 1.807) is 0 Å². The van der Waals surface area contributed by atoms with Crippen LogP contribution in [0.1, 0.15) is 37.8 Å². The molecule has 5 atom stereocenters. The summed E-state index contributed by atoms with van der Waals surface area (Å²) < 4.78 is 0. The van der Waals surface area contributed by atoms with Gasteiger partial charge in [0.05, 0.1) is 17.5 Å². The molecule has 168 valence electrons. The molecule has 3 amide bonds. The van der Waals surface area contributed by atoms with Gasteiger partial charge in [-0.15, -0.1) is 0 Å². The standard InChI is InChI=1S/C28H28N2O3/c1-28(2)15-22(28)25(31)29-20-9-3-16(4-10-20)13-17-5-11-21(12-6-17)30-26(32)23-18-7-8-19(14-18)24(23)27(30)33/h3-12,18-19,22-24H,13-15H2,1-2H3,(H,29,31). The van der Waals surface area contributed by atoms with Crippen LogP contribution in [0.5, 0.6) is 0 Å². The topological polar surface area (TPSA) is 66.5 Å². The zero-order valence-electron chi connectivity index (χ0n) is 19.0. The van der Waals surface area contributed by atoms with Crippen LogP contribution in [-0.4, -0.2) is 17.7 Å². The first-order valence-corrected chi connectivity index (χ1v) is 11.9. The Morgan fingerprint density at radius 3 is 1.94 bits per heavy atom. The average Bonchev–Trinajstić information content (AvgIpc) is 3.14. The van der Waals surface area contributed by atoms with Crippen LogP contribution in [0.2, 0.25) is 0 Å². The lowest BCUT2D eigenvalue weighted by molar-refractivity contribution is -0.123. The maximum Gasteiger partial charge on any atom is 0.238 e. The molecule has 1 N–H and O–H groups in total. The molecule has 2 saturated carbocycles. The van der Waals surface area contributed by atoms with Crippen LogP contribution in [-0.2, 0) is 20.8 Å². The number of fused-ring (bicyclic) bond motifs is 5. The first kappa shape index (κ1) is 20.4. The highest BCUT2D eigenvalue weighted by atomic mass is 16.2. The van der Waals surface area contributed by atoms with E-state index in [0.29, 0.717) is 5.69 Å². The third-order valence-electron chi connectivity index (χ3n) is 8.12. The molecule has 1 heterocycles. The zero-order valence-corrected chi connectivity index (χ0v) is 19.0. The predicted molar refractivity (Wildman–Crippen MR) is 126 cm³/mol. The number of hydrogen-bond acceptors (Lipinski definition) is 3. The van der Waals surface area contributed by atoms with Gasteiger partial charge in [0, 0.05) is 11.6 Å². The second-order valence-corrected chi connectivity index (χ2v) is 10.8. The summed E-state index contributed by atoms with van der Waals surface area (Å²) in [5.41, 5.74) is 3.86. The molecule has 2 bridgehead atoms. The van der Waals surface area contributed by atoms with Crippen molar-refractivity contribution in [3.63, 3.8) is 0 Å². The van der Waals surface area contributed by atoms with Crippen LogP contribution in [0, 0.1) is 35.0 Å². The van der Waals surface area contributed by atoms with Gasteiger partial charge in [-0.2, -0.15) is 0 Å². The SMILES string of the molecule is CC1(C)CC1C(=O)Nc1ccc(Cc2ccc(N3C(=O)C4C5C=CC(C5)C4C3=O)cc2)cc1. The second kappa shape index (κ2) is 7.14. The maximum atomic E-state index is 13.0. The normalized spacial score (nSPS) is 30.6. The van der Waals surface area contributed by atoms with Crippen molar-refractivity contribution in [1.29, 1.82) is 0 Å². The number of carbonyl (C=O) groups is 3. The van der Waals surface area contributed by atoms with Crippen molar-refractivity contribution < 1.29 is 14.4 Å². The molecule has 3 fully saturated rings. The predicted octanol–water partition coefficient (Wildman–Crippen LogP) is 4.57. The number of amides is 3. The summed E-state index contributed by atoms with van der Waals surface area (Å²) in [5.74, 6) is 0.241. The fourth-order valence-corrected chi connectivity index (χ4v) is 6.01. The van der Waals surface area contributed by atoms with Crippen molar-refractivity contribution in [1.82, 2.24) is 0 Å². The van der Waals surface area contributed by atoms with Crippen LogP contribution in [0.15, 0.2) is 60.7 Å². The molecule has 1 aliphatic heterocycles. The van der Waals surface area contributed by atoms with Crippen molar-refractivity contribution in [3.05, 3.63) is 71.8 Å². The fraction of sp³-hybridized carbons (Fsp3) is 0.393. The van der Waals surface area contributed by atoms with Crippen LogP contribution in [0.25, 0.3) is 0 Å². The van der Waals surface area contributed by atoms with Gasteiger partial charge in [-0.1, -0.05) is 50.3 Å². The van der Waals surface area contributed by atoms with Gasteiger partial charge >= 0.3 is 0 Å². The third kappa shape index (κ3) is 3.33. The number of nitrogens with one attached hydrogen (secondary N) is 1. The molecule has 2 aromatic carbocycles. The van der Waals surface area contributed by atoms with Crippen LogP contribution < -0.4 is 10.2 Å². The summed E-state index contributed by atoms with van der Waals surface area (Å²) >= 11 is 0. The molecule has 33 heavy (non-hydrogen) atoms. The van der Waals surface area contributed by atoms with Gasteiger partial charge in [0.1, 0.15) is 0 Å². The van der Waals surface area contributed by atoms with Crippen molar-refractivity contribution in [2.75, 3.05) is 10.2 Å². The number of rotatable bonds is 5. The molecule has 5 heteroatoms. The largest absolute Gasteiger partial charge is 0.326 e. The Bertz CT molecular complexity index is 1150. The minimum absolute atomic E-state index is 0.0400. The third-order valence-corrected chi connectivity index (χ3v) is 8.12. The molecule has 2 aromatic rings. The minimum atomic E-state index is -0.169. The van der Waals surface area contributed by atoms with E-state index in [1.807, 2.05) is 48.5 Å². The Morgan fingerprint density at radius 1 is 0.909 bits per heavy atom. The van der Waals surface area contributed by atoms with Crippen molar-refractivity contribution in [2.24, 2.45) is 35.0 Å². The molecule has 1 saturated heterocycles. The lowest BCUT2D eigenvalue weighted by atomic mass is 9.85. The summed E-state index contributed by atoms with van der Waals surface area (Å²) in [6.45, 7) is 4.24. The number of nitrogens with zero attached hydrogens (tertiary/aromatic N) is 1. The average molecular weight is 441 g/mol. The van der Waals surface area contributed by atoms with Crippen molar-refractivity contribution in [2.45, 2.75) is 33.1 Å². The van der Waals surface area contributed by atoms with E-state index in [9.17, 15) is 14.4 Å². The van der Waals surface area contributed by atoms with E-state index in [0.717, 1.165) is 36.1 Å². The van der Waals surface area contributed by atoms with Crippen molar-refractivity contribution >= 4 is 29.1 Å². The summed E-state index contributed by atoms with van der Waals surface area (Å²) in [7, 11) is 0. The Labute approximate surface area is 193 Å². The van der Waals surface area contributed by atoms with E-state index >= 15 is 0 Å². The van der Waals surface area contributed by atoms with Gasteiger partial charge in [-0.25, -0.2) is 0 Å². The molecule has 5 nitrogen and oxygen atoms in total. The van der Waals surface area contributed by atoms with Gasteiger partial charge in [-0.3, -0.25) is 19.3 Å². The minimum Gasteiger partial charge on any atom is -0.326 e. The molecule has 0 radical (unpaired) electrons. The number of allylic oxidation sites excluding steroid dienone is 2. The van der Waals surface area contributed by atoms with E-state index in [4.69, 9.17) is 0 Å². The highest BCUT2D eigenvalue weighted by Gasteiger charge is 2.59. The summed E-state index contributed by atoms with van der Waals surface area (Å²) in [6.07, 6.45) is 6.87. The number of carbonyl (C=O) groups excluding carboxylic acids is 3. The molecular weight excluding hydrogens is 412 g/mol. The smallest absolute Gasteiger partial charge is 0.238 e. The summed E-state index contributed by atoms with van der Waals surface area (Å²) in [6, 6.07) is 15.7. The monoisotopic (exact) mass is 440 g/mol. The first-order chi connectivity index (χ1) is 15.8. The Morgan fingerprint density at radius 2 is 1.42 bits per heavy atom. The lowest BCUT2D eigenvalue weighted by Gasteiger charge is -2.17. The molecule has 0 spiro atoms.